The Hall–Kier alpha value is -2.06. The number of hydrogen-bond donors (Lipinski definition) is 2. The molecule has 25 heavy (non-hydrogen) atoms. The predicted molar refractivity (Wildman–Crippen MR) is 94.8 cm³/mol. The number of hydrogen-bond acceptors (Lipinski definition) is 6. The molecule has 138 valence electrons. The number of carbonyl (C=O) groups is 1. The summed E-state index contributed by atoms with van der Waals surface area (Å²) in [5.74, 6) is 0.262. The molecule has 1 aliphatic rings. The zero-order valence-corrected chi connectivity index (χ0v) is 15.3. The van der Waals surface area contributed by atoms with E-state index in [4.69, 9.17) is 9.47 Å². The maximum absolute atomic E-state index is 12.4. The zero-order valence-electron chi connectivity index (χ0n) is 14.5. The molecule has 0 aromatic heterocycles. The summed E-state index contributed by atoms with van der Waals surface area (Å²) in [6.45, 7) is 2.17. The molecule has 0 saturated carbocycles. The first-order valence-electron chi connectivity index (χ1n) is 8.06. The van der Waals surface area contributed by atoms with Crippen LogP contribution in [-0.2, 0) is 14.6 Å². The first-order valence-corrected chi connectivity index (χ1v) is 9.71. The SMILES string of the molecule is COc1ccc(S(=O)(=O)CCC(=O)NCC2=CCNCC2)cc1OC. The van der Waals surface area contributed by atoms with Crippen molar-refractivity contribution >= 4 is 15.7 Å². The second kappa shape index (κ2) is 8.87. The van der Waals surface area contributed by atoms with E-state index in [1.807, 2.05) is 6.08 Å². The number of sulfone groups is 1. The Morgan fingerprint density at radius 2 is 2.00 bits per heavy atom. The Morgan fingerprint density at radius 3 is 2.64 bits per heavy atom. The molecule has 8 heteroatoms. The van der Waals surface area contributed by atoms with Crippen molar-refractivity contribution in [3.63, 3.8) is 0 Å². The van der Waals surface area contributed by atoms with Gasteiger partial charge in [-0.3, -0.25) is 4.79 Å². The standard InChI is InChI=1S/C17H24N2O5S/c1-23-15-4-3-14(11-16(15)24-2)25(21,22)10-7-17(20)19-12-13-5-8-18-9-6-13/h3-5,11,18H,6-10,12H2,1-2H3,(H,19,20). The summed E-state index contributed by atoms with van der Waals surface area (Å²) in [5, 5.41) is 5.97. The number of ether oxygens (including phenoxy) is 2. The fourth-order valence-corrected chi connectivity index (χ4v) is 3.74. The quantitative estimate of drug-likeness (QED) is 0.663. The Bertz CT molecular complexity index is 743. The van der Waals surface area contributed by atoms with E-state index in [1.54, 1.807) is 0 Å². The Kier molecular flexibility index (Phi) is 6.83. The molecule has 0 aliphatic carbocycles. The summed E-state index contributed by atoms with van der Waals surface area (Å²) >= 11 is 0. The lowest BCUT2D eigenvalue weighted by atomic mass is 10.1. The van der Waals surface area contributed by atoms with Crippen LogP contribution in [0.2, 0.25) is 0 Å². The third-order valence-corrected chi connectivity index (χ3v) is 5.70. The van der Waals surface area contributed by atoms with E-state index < -0.39 is 9.84 Å². The molecule has 1 aliphatic heterocycles. The maximum Gasteiger partial charge on any atom is 0.221 e. The van der Waals surface area contributed by atoms with E-state index >= 15 is 0 Å². The summed E-state index contributed by atoms with van der Waals surface area (Å²) in [6.07, 6.45) is 2.86. The van der Waals surface area contributed by atoms with Crippen molar-refractivity contribution in [2.75, 3.05) is 39.6 Å². The minimum atomic E-state index is -3.58. The second-order valence-electron chi connectivity index (χ2n) is 5.68. The molecule has 0 fully saturated rings. The fourth-order valence-electron chi connectivity index (χ4n) is 2.49. The van der Waals surface area contributed by atoms with Crippen LogP contribution in [-0.4, -0.2) is 53.9 Å². The van der Waals surface area contributed by atoms with Gasteiger partial charge in [-0.25, -0.2) is 8.42 Å². The third kappa shape index (κ3) is 5.47. The smallest absolute Gasteiger partial charge is 0.221 e. The molecule has 0 unspecified atom stereocenters. The van der Waals surface area contributed by atoms with Crippen LogP contribution in [0, 0.1) is 0 Å². The van der Waals surface area contributed by atoms with Crippen molar-refractivity contribution in [1.29, 1.82) is 0 Å². The zero-order chi connectivity index (χ0) is 18.3. The van der Waals surface area contributed by atoms with Gasteiger partial charge in [-0.05, 0) is 25.1 Å². The normalized spacial score (nSPS) is 14.6. The molecule has 2 N–H and O–H groups in total. The average molecular weight is 368 g/mol. The number of nitrogens with one attached hydrogen (secondary N) is 2. The topological polar surface area (TPSA) is 93.7 Å². The van der Waals surface area contributed by atoms with E-state index in [-0.39, 0.29) is 23.0 Å². The van der Waals surface area contributed by atoms with Gasteiger partial charge in [0.05, 0.1) is 24.9 Å². The van der Waals surface area contributed by atoms with E-state index in [1.165, 1.54) is 32.4 Å². The molecule has 1 amide bonds. The molecule has 0 atom stereocenters. The van der Waals surface area contributed by atoms with Crippen molar-refractivity contribution in [3.8, 4) is 11.5 Å². The van der Waals surface area contributed by atoms with E-state index in [0.29, 0.717) is 18.0 Å². The second-order valence-corrected chi connectivity index (χ2v) is 7.79. The van der Waals surface area contributed by atoms with Crippen LogP contribution in [0.5, 0.6) is 11.5 Å². The van der Waals surface area contributed by atoms with Gasteiger partial charge >= 0.3 is 0 Å². The minimum absolute atomic E-state index is 0.0811. The lowest BCUT2D eigenvalue weighted by Gasteiger charge is -2.14. The summed E-state index contributed by atoms with van der Waals surface area (Å²) < 4.78 is 35.0. The summed E-state index contributed by atoms with van der Waals surface area (Å²) in [5.41, 5.74) is 1.16. The van der Waals surface area contributed by atoms with Crippen molar-refractivity contribution in [2.24, 2.45) is 0 Å². The number of methoxy groups -OCH3 is 2. The van der Waals surface area contributed by atoms with Gasteiger partial charge in [0, 0.05) is 25.6 Å². The molecule has 0 bridgehead atoms. The molecule has 7 nitrogen and oxygen atoms in total. The molecule has 0 radical (unpaired) electrons. The van der Waals surface area contributed by atoms with Crippen LogP contribution < -0.4 is 20.1 Å². The van der Waals surface area contributed by atoms with Gasteiger partial charge in [-0.15, -0.1) is 0 Å². The molecule has 0 saturated heterocycles. The van der Waals surface area contributed by atoms with E-state index in [2.05, 4.69) is 10.6 Å². The van der Waals surface area contributed by atoms with Gasteiger partial charge in [0.15, 0.2) is 21.3 Å². The summed E-state index contributed by atoms with van der Waals surface area (Å²) in [7, 11) is -0.655. The molecule has 1 aromatic rings. The van der Waals surface area contributed by atoms with Crippen LogP contribution in [0.4, 0.5) is 0 Å². The number of benzene rings is 1. The van der Waals surface area contributed by atoms with Crippen molar-refractivity contribution in [3.05, 3.63) is 29.8 Å². The first-order chi connectivity index (χ1) is 12.0. The number of carbonyl (C=O) groups excluding carboxylic acids is 1. The van der Waals surface area contributed by atoms with Gasteiger partial charge in [0.2, 0.25) is 5.91 Å². The highest BCUT2D eigenvalue weighted by molar-refractivity contribution is 7.91. The lowest BCUT2D eigenvalue weighted by molar-refractivity contribution is -0.120. The van der Waals surface area contributed by atoms with Crippen LogP contribution in [0.25, 0.3) is 0 Å². The lowest BCUT2D eigenvalue weighted by Crippen LogP contribution is -2.30. The maximum atomic E-state index is 12.4. The molecule has 0 spiro atoms. The van der Waals surface area contributed by atoms with Crippen molar-refractivity contribution in [2.45, 2.75) is 17.7 Å². The van der Waals surface area contributed by atoms with Gasteiger partial charge in [0.25, 0.3) is 0 Å². The van der Waals surface area contributed by atoms with Crippen molar-refractivity contribution < 1.29 is 22.7 Å². The summed E-state index contributed by atoms with van der Waals surface area (Å²) in [6, 6.07) is 4.40. The third-order valence-electron chi connectivity index (χ3n) is 3.98. The van der Waals surface area contributed by atoms with Crippen LogP contribution in [0.15, 0.2) is 34.7 Å². The van der Waals surface area contributed by atoms with Gasteiger partial charge in [-0.1, -0.05) is 11.6 Å². The van der Waals surface area contributed by atoms with Gasteiger partial charge < -0.3 is 20.1 Å². The number of amides is 1. The first kappa shape index (κ1) is 19.3. The summed E-state index contributed by atoms with van der Waals surface area (Å²) in [4.78, 5) is 12.0. The molecule has 1 heterocycles. The van der Waals surface area contributed by atoms with Crippen LogP contribution in [0.3, 0.4) is 0 Å². The Labute approximate surface area is 148 Å². The van der Waals surface area contributed by atoms with Gasteiger partial charge in [-0.2, -0.15) is 0 Å². The van der Waals surface area contributed by atoms with E-state index in [0.717, 1.165) is 25.1 Å². The average Bonchev–Trinajstić information content (AvgIpc) is 2.65. The molecular formula is C17H24N2O5S. The Morgan fingerprint density at radius 1 is 1.24 bits per heavy atom. The largest absolute Gasteiger partial charge is 0.493 e. The molecular weight excluding hydrogens is 344 g/mol. The monoisotopic (exact) mass is 368 g/mol. The highest BCUT2D eigenvalue weighted by Gasteiger charge is 2.19. The minimum Gasteiger partial charge on any atom is -0.493 e. The molecule has 1 aromatic carbocycles. The Balaban J connectivity index is 1.92. The van der Waals surface area contributed by atoms with Crippen LogP contribution >= 0.6 is 0 Å². The predicted octanol–water partition coefficient (Wildman–Crippen LogP) is 0.903. The highest BCUT2D eigenvalue weighted by Crippen LogP contribution is 2.29. The van der Waals surface area contributed by atoms with Gasteiger partial charge in [0.1, 0.15) is 0 Å². The van der Waals surface area contributed by atoms with Crippen LogP contribution in [0.1, 0.15) is 12.8 Å². The number of rotatable bonds is 8. The highest BCUT2D eigenvalue weighted by atomic mass is 32.2. The fraction of sp³-hybridized carbons (Fsp3) is 0.471. The molecule has 2 rings (SSSR count). The van der Waals surface area contributed by atoms with E-state index in [9.17, 15) is 13.2 Å². The van der Waals surface area contributed by atoms with Crippen molar-refractivity contribution in [1.82, 2.24) is 10.6 Å².